The lowest BCUT2D eigenvalue weighted by atomic mass is 10.1. The second kappa shape index (κ2) is 10.4. The van der Waals surface area contributed by atoms with Crippen molar-refractivity contribution in [2.45, 2.75) is 6.92 Å². The lowest BCUT2D eigenvalue weighted by Gasteiger charge is -2.14. The Bertz CT molecular complexity index is 1540. The second-order valence-electron chi connectivity index (χ2n) is 7.30. The summed E-state index contributed by atoms with van der Waals surface area (Å²) in [7, 11) is 0. The molecular weight excluding hydrogens is 581 g/mol. The van der Waals surface area contributed by atoms with E-state index in [0.29, 0.717) is 20.5 Å². The van der Waals surface area contributed by atoms with Gasteiger partial charge in [0.15, 0.2) is 11.5 Å². The van der Waals surface area contributed by atoms with E-state index in [9.17, 15) is 25.5 Å². The van der Waals surface area contributed by atoms with Gasteiger partial charge in [0.05, 0.1) is 42.7 Å². The highest BCUT2D eigenvalue weighted by molar-refractivity contribution is 14.1. The van der Waals surface area contributed by atoms with Crippen LogP contribution in [-0.2, 0) is 0 Å². The van der Waals surface area contributed by atoms with Crippen molar-refractivity contribution in [2.75, 3.05) is 6.61 Å². The second-order valence-corrected chi connectivity index (χ2v) is 8.47. The fourth-order valence-corrected chi connectivity index (χ4v) is 4.13. The number of nitriles is 1. The Hall–Kier alpha value is -4.51. The Morgan fingerprint density at radius 2 is 1.92 bits per heavy atom. The molecule has 0 saturated carbocycles. The number of non-ortho nitro benzene ring substituents is 1. The molecule has 0 radical (unpaired) electrons. The number of nitrogens with zero attached hydrogens (tertiary/aromatic N) is 4. The number of allylic oxidation sites excluding steroid dienone is 1. The van der Waals surface area contributed by atoms with Crippen LogP contribution < -0.4 is 9.47 Å². The maximum absolute atomic E-state index is 11.5. The van der Waals surface area contributed by atoms with E-state index in [1.54, 1.807) is 25.1 Å². The molecule has 0 amide bonds. The van der Waals surface area contributed by atoms with Gasteiger partial charge in [0.25, 0.3) is 5.69 Å². The maximum atomic E-state index is 11.5. The van der Waals surface area contributed by atoms with E-state index in [2.05, 4.69) is 16.0 Å². The molecule has 11 nitrogen and oxygen atoms in total. The zero-order valence-corrected chi connectivity index (χ0v) is 20.8. The highest BCUT2D eigenvalue weighted by atomic mass is 127. The monoisotopic (exact) mass is 597 g/mol. The van der Waals surface area contributed by atoms with Gasteiger partial charge in [0.1, 0.15) is 11.9 Å². The van der Waals surface area contributed by atoms with E-state index < -0.39 is 21.2 Å². The molecule has 0 aliphatic carbocycles. The Morgan fingerprint density at radius 1 is 1.14 bits per heavy atom. The van der Waals surface area contributed by atoms with Gasteiger partial charge in [-0.25, -0.2) is 4.98 Å². The summed E-state index contributed by atoms with van der Waals surface area (Å²) in [6, 6.07) is 16.1. The van der Waals surface area contributed by atoms with Gasteiger partial charge in [0.2, 0.25) is 5.75 Å². The molecule has 180 valence electrons. The quantitative estimate of drug-likeness (QED) is 0.108. The zero-order chi connectivity index (χ0) is 25.8. The summed E-state index contributed by atoms with van der Waals surface area (Å²) in [4.78, 5) is 28.7. The van der Waals surface area contributed by atoms with Gasteiger partial charge in [-0.05, 0) is 71.5 Å². The van der Waals surface area contributed by atoms with Gasteiger partial charge in [0, 0.05) is 6.07 Å². The molecule has 1 aromatic heterocycles. The molecular formula is C24H16IN5O6. The first kappa shape index (κ1) is 24.6. The van der Waals surface area contributed by atoms with Crippen molar-refractivity contribution in [3.8, 4) is 23.3 Å². The molecule has 0 aliphatic rings. The zero-order valence-electron chi connectivity index (χ0n) is 18.6. The number of hydrogen-bond donors (Lipinski definition) is 1. The van der Waals surface area contributed by atoms with Crippen LogP contribution in [0.15, 0.2) is 54.6 Å². The molecule has 0 aliphatic heterocycles. The standard InChI is InChI=1S/C24H16IN5O6/c1-2-35-22-11-14(9-15(13-26)24-27-18-5-3-4-6-19(18)28-24)10-17(25)23(22)36-21-8-7-16(29(31)32)12-20(21)30(33)34/h3-12H,2H2,1H3,(H,27,28)/b15-9+. The number of imidazole rings is 1. The summed E-state index contributed by atoms with van der Waals surface area (Å²) in [6.07, 6.45) is 1.64. The van der Waals surface area contributed by atoms with Gasteiger partial charge in [-0.3, -0.25) is 20.2 Å². The molecule has 1 heterocycles. The van der Waals surface area contributed by atoms with E-state index >= 15 is 0 Å². The predicted octanol–water partition coefficient (Wildman–Crippen LogP) is 6.24. The van der Waals surface area contributed by atoms with Crippen molar-refractivity contribution in [2.24, 2.45) is 0 Å². The van der Waals surface area contributed by atoms with Gasteiger partial charge in [-0.1, -0.05) is 12.1 Å². The fraction of sp³-hybridized carbons (Fsp3) is 0.0833. The molecule has 0 bridgehead atoms. The van der Waals surface area contributed by atoms with Crippen molar-refractivity contribution < 1.29 is 19.3 Å². The molecule has 4 aromatic rings. The van der Waals surface area contributed by atoms with Crippen LogP contribution in [0.3, 0.4) is 0 Å². The molecule has 0 atom stereocenters. The maximum Gasteiger partial charge on any atom is 0.318 e. The third-order valence-electron chi connectivity index (χ3n) is 4.97. The first-order valence-corrected chi connectivity index (χ1v) is 11.5. The van der Waals surface area contributed by atoms with Crippen LogP contribution in [0.4, 0.5) is 11.4 Å². The number of aromatic amines is 1. The summed E-state index contributed by atoms with van der Waals surface area (Å²) < 4.78 is 12.1. The largest absolute Gasteiger partial charge is 0.490 e. The Morgan fingerprint density at radius 3 is 2.58 bits per heavy atom. The van der Waals surface area contributed by atoms with E-state index in [0.717, 1.165) is 23.2 Å². The third-order valence-corrected chi connectivity index (χ3v) is 5.77. The SMILES string of the molecule is CCOc1cc(/C=C(\C#N)c2nc3ccccc3[nH]2)cc(I)c1Oc1ccc([N+](=O)[O-])cc1[N+](=O)[O-]. The molecule has 0 unspecified atom stereocenters. The van der Waals surface area contributed by atoms with Crippen molar-refractivity contribution >= 4 is 56.6 Å². The van der Waals surface area contributed by atoms with E-state index in [4.69, 9.17) is 9.47 Å². The first-order valence-electron chi connectivity index (χ1n) is 10.4. The molecule has 12 heteroatoms. The number of nitro groups is 2. The average Bonchev–Trinajstić information content (AvgIpc) is 3.28. The predicted molar refractivity (Wildman–Crippen MR) is 140 cm³/mol. The van der Waals surface area contributed by atoms with E-state index in [-0.39, 0.29) is 23.9 Å². The highest BCUT2D eigenvalue weighted by Crippen LogP contribution is 2.41. The summed E-state index contributed by atoms with van der Waals surface area (Å²) >= 11 is 1.99. The molecule has 3 aromatic carbocycles. The van der Waals surface area contributed by atoms with Gasteiger partial charge < -0.3 is 14.5 Å². The van der Waals surface area contributed by atoms with Crippen molar-refractivity contribution in [3.63, 3.8) is 0 Å². The van der Waals surface area contributed by atoms with Crippen LogP contribution >= 0.6 is 22.6 Å². The topological polar surface area (TPSA) is 157 Å². The number of halogens is 1. The summed E-state index contributed by atoms with van der Waals surface area (Å²) in [6.45, 7) is 2.04. The number of hydrogen-bond acceptors (Lipinski definition) is 8. The Balaban J connectivity index is 1.75. The number of para-hydroxylation sites is 2. The van der Waals surface area contributed by atoms with Crippen LogP contribution in [0.2, 0.25) is 0 Å². The van der Waals surface area contributed by atoms with Crippen LogP contribution in [0, 0.1) is 35.1 Å². The number of H-pyrrole nitrogens is 1. The lowest BCUT2D eigenvalue weighted by molar-refractivity contribution is -0.394. The molecule has 0 fully saturated rings. The van der Waals surface area contributed by atoms with Gasteiger partial charge >= 0.3 is 5.69 Å². The van der Waals surface area contributed by atoms with Crippen molar-refractivity contribution in [1.82, 2.24) is 9.97 Å². The summed E-state index contributed by atoms with van der Waals surface area (Å²) in [5.74, 6) is 0.722. The number of aromatic nitrogens is 2. The Labute approximate surface area is 217 Å². The minimum atomic E-state index is -0.751. The number of rotatable bonds is 8. The Kier molecular flexibility index (Phi) is 7.11. The van der Waals surface area contributed by atoms with Crippen molar-refractivity contribution in [1.29, 1.82) is 5.26 Å². The van der Waals surface area contributed by atoms with E-state index in [1.807, 2.05) is 46.9 Å². The molecule has 4 rings (SSSR count). The van der Waals surface area contributed by atoms with Crippen LogP contribution in [-0.4, -0.2) is 26.4 Å². The molecule has 0 saturated heterocycles. The normalized spacial score (nSPS) is 11.2. The average molecular weight is 597 g/mol. The first-order chi connectivity index (χ1) is 17.3. The molecule has 1 N–H and O–H groups in total. The number of nitro benzene ring substituents is 2. The van der Waals surface area contributed by atoms with Crippen LogP contribution in [0.25, 0.3) is 22.7 Å². The number of ether oxygens (including phenoxy) is 2. The number of benzene rings is 3. The number of fused-ring (bicyclic) bond motifs is 1. The minimum absolute atomic E-state index is 0.173. The minimum Gasteiger partial charge on any atom is -0.490 e. The smallest absolute Gasteiger partial charge is 0.318 e. The number of nitrogens with one attached hydrogen (secondary N) is 1. The fourth-order valence-electron chi connectivity index (χ4n) is 3.39. The van der Waals surface area contributed by atoms with E-state index in [1.165, 1.54) is 6.07 Å². The summed E-state index contributed by atoms with van der Waals surface area (Å²) in [5.41, 5.74) is 1.46. The van der Waals surface area contributed by atoms with Crippen molar-refractivity contribution in [3.05, 3.63) is 89.8 Å². The van der Waals surface area contributed by atoms with Crippen LogP contribution in [0.1, 0.15) is 18.3 Å². The lowest BCUT2D eigenvalue weighted by Crippen LogP contribution is -2.00. The van der Waals surface area contributed by atoms with Gasteiger partial charge in [-0.15, -0.1) is 0 Å². The van der Waals surface area contributed by atoms with Crippen LogP contribution in [0.5, 0.6) is 17.2 Å². The highest BCUT2D eigenvalue weighted by Gasteiger charge is 2.23. The molecule has 36 heavy (non-hydrogen) atoms. The van der Waals surface area contributed by atoms with Gasteiger partial charge in [-0.2, -0.15) is 5.26 Å². The summed E-state index contributed by atoms with van der Waals surface area (Å²) in [5, 5.41) is 32.3. The third kappa shape index (κ3) is 5.10. The molecule has 0 spiro atoms.